The minimum Gasteiger partial charge on any atom is -0.481 e. The van der Waals surface area contributed by atoms with Crippen molar-refractivity contribution in [2.45, 2.75) is 64.1 Å². The SMILES string of the molecule is CCCC(C)C(=O)O.CSc1ccc([C@@H](O[C@@H](CC(C)C)C(=O)O)c2ccc(Br)cc2)cc1. The highest BCUT2D eigenvalue weighted by Crippen LogP contribution is 2.31. The van der Waals surface area contributed by atoms with Gasteiger partial charge in [0.1, 0.15) is 6.10 Å². The highest BCUT2D eigenvalue weighted by Gasteiger charge is 2.26. The molecule has 0 fully saturated rings. The molecule has 0 aromatic heterocycles. The van der Waals surface area contributed by atoms with Gasteiger partial charge in [-0.3, -0.25) is 4.79 Å². The fourth-order valence-electron chi connectivity index (χ4n) is 3.13. The molecule has 0 aliphatic heterocycles. The maximum Gasteiger partial charge on any atom is 0.332 e. The fraction of sp³-hybridized carbons (Fsp3) is 0.462. The minimum absolute atomic E-state index is 0.167. The van der Waals surface area contributed by atoms with Crippen molar-refractivity contribution in [2.24, 2.45) is 11.8 Å². The third-order valence-electron chi connectivity index (χ3n) is 5.00. The van der Waals surface area contributed by atoms with E-state index >= 15 is 0 Å². The molecule has 0 radical (unpaired) electrons. The molecule has 2 rings (SSSR count). The number of hydrogen-bond acceptors (Lipinski definition) is 4. The Hall–Kier alpha value is -1.83. The number of halogens is 1. The zero-order chi connectivity index (χ0) is 25.0. The third kappa shape index (κ3) is 10.8. The van der Waals surface area contributed by atoms with E-state index in [0.717, 1.165) is 33.3 Å². The van der Waals surface area contributed by atoms with Gasteiger partial charge in [0.05, 0.1) is 5.92 Å². The number of aliphatic carboxylic acids is 2. The van der Waals surface area contributed by atoms with Gasteiger partial charge in [0.25, 0.3) is 0 Å². The third-order valence-corrected chi connectivity index (χ3v) is 6.27. The minimum atomic E-state index is -0.920. The summed E-state index contributed by atoms with van der Waals surface area (Å²) >= 11 is 5.11. The first-order valence-electron chi connectivity index (χ1n) is 11.1. The first kappa shape index (κ1) is 29.2. The van der Waals surface area contributed by atoms with Crippen LogP contribution < -0.4 is 0 Å². The van der Waals surface area contributed by atoms with Crippen LogP contribution in [-0.4, -0.2) is 34.5 Å². The second-order valence-corrected chi connectivity index (χ2v) is 10.1. The van der Waals surface area contributed by atoms with Crippen molar-refractivity contribution < 1.29 is 24.5 Å². The molecule has 0 saturated carbocycles. The highest BCUT2D eigenvalue weighted by atomic mass is 79.9. The van der Waals surface area contributed by atoms with Gasteiger partial charge in [0.2, 0.25) is 0 Å². The lowest BCUT2D eigenvalue weighted by Crippen LogP contribution is -2.28. The number of rotatable bonds is 11. The van der Waals surface area contributed by atoms with Crippen molar-refractivity contribution >= 4 is 39.6 Å². The number of carboxylic acid groups (broad SMARTS) is 2. The van der Waals surface area contributed by atoms with E-state index in [2.05, 4.69) is 15.9 Å². The van der Waals surface area contributed by atoms with Crippen molar-refractivity contribution in [1.82, 2.24) is 0 Å². The monoisotopic (exact) mass is 538 g/mol. The predicted octanol–water partition coefficient (Wildman–Crippen LogP) is 7.28. The number of carboxylic acids is 2. The molecule has 2 N–H and O–H groups in total. The second-order valence-electron chi connectivity index (χ2n) is 8.33. The van der Waals surface area contributed by atoms with Gasteiger partial charge in [0, 0.05) is 9.37 Å². The maximum absolute atomic E-state index is 11.7. The van der Waals surface area contributed by atoms with Gasteiger partial charge in [-0.15, -0.1) is 11.8 Å². The molecule has 2 aromatic rings. The molecule has 0 aliphatic rings. The standard InChI is InChI=1S/C20H23BrO3S.C6H12O2/c1-13(2)12-18(20(22)23)24-19(14-4-8-16(21)9-5-14)15-6-10-17(25-3)11-7-15;1-3-4-5(2)6(7)8/h4-11,13,18-19H,12H2,1-3H3,(H,22,23);5H,3-4H2,1-2H3,(H,7,8)/t18-,19-;/m0./s1. The first-order chi connectivity index (χ1) is 15.6. The Labute approximate surface area is 210 Å². The summed E-state index contributed by atoms with van der Waals surface area (Å²) in [5.41, 5.74) is 1.89. The van der Waals surface area contributed by atoms with E-state index < -0.39 is 24.1 Å². The van der Waals surface area contributed by atoms with E-state index in [1.807, 2.05) is 75.6 Å². The average molecular weight is 540 g/mol. The normalized spacial score (nSPS) is 13.5. The number of ether oxygens (including phenoxy) is 1. The van der Waals surface area contributed by atoms with Crippen LogP contribution in [0.5, 0.6) is 0 Å². The quantitative estimate of drug-likeness (QED) is 0.292. The smallest absolute Gasteiger partial charge is 0.332 e. The second kappa shape index (κ2) is 15.1. The molecule has 2 aromatic carbocycles. The lowest BCUT2D eigenvalue weighted by atomic mass is 10.00. The molecule has 0 heterocycles. The van der Waals surface area contributed by atoms with Gasteiger partial charge in [-0.1, -0.05) is 74.3 Å². The zero-order valence-electron chi connectivity index (χ0n) is 20.0. The van der Waals surface area contributed by atoms with Gasteiger partial charge < -0.3 is 14.9 Å². The van der Waals surface area contributed by atoms with Gasteiger partial charge in [-0.2, -0.15) is 0 Å². The highest BCUT2D eigenvalue weighted by molar-refractivity contribution is 9.10. The average Bonchev–Trinajstić information content (AvgIpc) is 2.77. The van der Waals surface area contributed by atoms with Crippen molar-refractivity contribution in [3.8, 4) is 0 Å². The summed E-state index contributed by atoms with van der Waals surface area (Å²) in [5, 5.41) is 17.9. The number of hydrogen-bond donors (Lipinski definition) is 2. The Morgan fingerprint density at radius 3 is 1.82 bits per heavy atom. The van der Waals surface area contributed by atoms with E-state index in [1.165, 1.54) is 0 Å². The first-order valence-corrected chi connectivity index (χ1v) is 13.1. The van der Waals surface area contributed by atoms with Crippen LogP contribution in [0.2, 0.25) is 0 Å². The topological polar surface area (TPSA) is 83.8 Å². The molecule has 0 spiro atoms. The Morgan fingerprint density at radius 2 is 1.45 bits per heavy atom. The summed E-state index contributed by atoms with van der Waals surface area (Å²) in [4.78, 5) is 22.9. The lowest BCUT2D eigenvalue weighted by molar-refractivity contribution is -0.154. The maximum atomic E-state index is 11.7. The number of carbonyl (C=O) groups is 2. The van der Waals surface area contributed by atoms with Crippen LogP contribution in [0.4, 0.5) is 0 Å². The number of benzene rings is 2. The van der Waals surface area contributed by atoms with E-state index in [1.54, 1.807) is 18.7 Å². The van der Waals surface area contributed by atoms with Gasteiger partial charge in [-0.05, 0) is 60.4 Å². The van der Waals surface area contributed by atoms with Crippen molar-refractivity contribution in [3.05, 3.63) is 64.1 Å². The van der Waals surface area contributed by atoms with Crippen molar-refractivity contribution in [3.63, 3.8) is 0 Å². The Kier molecular flexibility index (Phi) is 13.4. The zero-order valence-corrected chi connectivity index (χ0v) is 22.4. The van der Waals surface area contributed by atoms with Crippen LogP contribution in [0.1, 0.15) is 64.2 Å². The summed E-state index contributed by atoms with van der Waals surface area (Å²) in [6.07, 6.45) is 2.99. The van der Waals surface area contributed by atoms with E-state index in [0.29, 0.717) is 6.42 Å². The molecule has 182 valence electrons. The van der Waals surface area contributed by atoms with E-state index in [4.69, 9.17) is 9.84 Å². The van der Waals surface area contributed by atoms with E-state index in [-0.39, 0.29) is 11.8 Å². The lowest BCUT2D eigenvalue weighted by Gasteiger charge is -2.24. The van der Waals surface area contributed by atoms with Gasteiger partial charge >= 0.3 is 11.9 Å². The Bertz CT molecular complexity index is 852. The summed E-state index contributed by atoms with van der Waals surface area (Å²) in [6, 6.07) is 15.9. The van der Waals surface area contributed by atoms with Crippen molar-refractivity contribution in [2.75, 3.05) is 6.26 Å². The van der Waals surface area contributed by atoms with Gasteiger partial charge in [-0.25, -0.2) is 4.79 Å². The molecule has 5 nitrogen and oxygen atoms in total. The van der Waals surface area contributed by atoms with E-state index in [9.17, 15) is 14.7 Å². The molecule has 3 atom stereocenters. The Balaban J connectivity index is 0.000000582. The van der Waals surface area contributed by atoms with Crippen LogP contribution in [0.15, 0.2) is 57.9 Å². The molecular formula is C26H35BrO5S. The predicted molar refractivity (Wildman–Crippen MR) is 138 cm³/mol. The Morgan fingerprint density at radius 1 is 0.939 bits per heavy atom. The van der Waals surface area contributed by atoms with Crippen LogP contribution in [0.25, 0.3) is 0 Å². The molecule has 0 bridgehead atoms. The molecule has 33 heavy (non-hydrogen) atoms. The molecule has 1 unspecified atom stereocenters. The molecule has 7 heteroatoms. The summed E-state index contributed by atoms with van der Waals surface area (Å²) in [6.45, 7) is 7.72. The van der Waals surface area contributed by atoms with Crippen molar-refractivity contribution in [1.29, 1.82) is 0 Å². The molecule has 0 saturated heterocycles. The summed E-state index contributed by atoms with van der Waals surface area (Å²) in [7, 11) is 0. The van der Waals surface area contributed by atoms with Crippen LogP contribution in [0, 0.1) is 11.8 Å². The molecule has 0 amide bonds. The van der Waals surface area contributed by atoms with Crippen LogP contribution in [0.3, 0.4) is 0 Å². The van der Waals surface area contributed by atoms with Crippen LogP contribution >= 0.6 is 27.7 Å². The number of thioether (sulfide) groups is 1. The largest absolute Gasteiger partial charge is 0.481 e. The summed E-state index contributed by atoms with van der Waals surface area (Å²) in [5.74, 6) is -1.53. The summed E-state index contributed by atoms with van der Waals surface area (Å²) < 4.78 is 7.06. The van der Waals surface area contributed by atoms with Gasteiger partial charge in [0.15, 0.2) is 6.10 Å². The fourth-order valence-corrected chi connectivity index (χ4v) is 3.80. The molecular weight excluding hydrogens is 504 g/mol. The van der Waals surface area contributed by atoms with Crippen LogP contribution in [-0.2, 0) is 14.3 Å². The molecule has 0 aliphatic carbocycles.